The predicted molar refractivity (Wildman–Crippen MR) is 184 cm³/mol. The lowest BCUT2D eigenvalue weighted by Gasteiger charge is -2.27. The highest BCUT2D eigenvalue weighted by Crippen LogP contribution is 2.21. The molecule has 45 heavy (non-hydrogen) atoms. The molecule has 0 fully saturated rings. The highest BCUT2D eigenvalue weighted by Gasteiger charge is 2.23. The van der Waals surface area contributed by atoms with Crippen molar-refractivity contribution in [2.45, 2.75) is 79.3 Å². The number of anilines is 2. The second-order valence-electron chi connectivity index (χ2n) is 11.9. The molecule has 2 amide bonds. The molecule has 0 saturated heterocycles. The molecule has 9 heteroatoms. The zero-order valence-electron chi connectivity index (χ0n) is 29.0. The van der Waals surface area contributed by atoms with Gasteiger partial charge in [-0.1, -0.05) is 50.2 Å². The monoisotopic (exact) mass is 626 g/mol. The minimum absolute atomic E-state index is 0.0301. The second kappa shape index (κ2) is 21.1. The average molecular weight is 627 g/mol. The van der Waals surface area contributed by atoms with Crippen molar-refractivity contribution in [3.8, 4) is 0 Å². The quantitative estimate of drug-likeness (QED) is 0.161. The van der Waals surface area contributed by atoms with E-state index in [0.29, 0.717) is 39.6 Å². The number of rotatable bonds is 22. The number of hydrogen-bond acceptors (Lipinski definition) is 7. The van der Waals surface area contributed by atoms with Gasteiger partial charge in [-0.15, -0.1) is 0 Å². The van der Waals surface area contributed by atoms with E-state index in [4.69, 9.17) is 14.2 Å². The summed E-state index contributed by atoms with van der Waals surface area (Å²) in [5.74, 6) is 0.0601. The third-order valence-corrected chi connectivity index (χ3v) is 8.24. The summed E-state index contributed by atoms with van der Waals surface area (Å²) in [6, 6.07) is 11.7. The number of hydrogen-bond donors (Lipinski definition) is 2. The summed E-state index contributed by atoms with van der Waals surface area (Å²) >= 11 is 0. The summed E-state index contributed by atoms with van der Waals surface area (Å²) in [7, 11) is 3.98. The number of carbonyl (C=O) groups is 2. The highest BCUT2D eigenvalue weighted by molar-refractivity contribution is 5.96. The number of carbonyl (C=O) groups excluding carboxylic acids is 2. The van der Waals surface area contributed by atoms with Crippen LogP contribution in [0, 0.1) is 27.7 Å². The van der Waals surface area contributed by atoms with Gasteiger partial charge in [0.25, 0.3) is 0 Å². The molecule has 0 heterocycles. The van der Waals surface area contributed by atoms with Gasteiger partial charge in [0, 0.05) is 37.7 Å². The first-order valence-corrected chi connectivity index (χ1v) is 16.5. The molecule has 0 radical (unpaired) electrons. The average Bonchev–Trinajstić information content (AvgIpc) is 3.00. The SMILES string of the molecule is CCC(C(=O)Nc1c(C)cccc1C)N(C)CCCOCCOCCOCCCN(C)C(CC)C(=O)Nc1c(C)cccc1C. The number of nitrogens with zero attached hydrogens (tertiary/aromatic N) is 2. The molecule has 2 unspecified atom stereocenters. The van der Waals surface area contributed by atoms with E-state index < -0.39 is 0 Å². The molecule has 2 atom stereocenters. The molecular formula is C36H58N4O5. The molecule has 2 aromatic carbocycles. The molecule has 0 aliphatic rings. The summed E-state index contributed by atoms with van der Waals surface area (Å²) in [4.78, 5) is 30.1. The van der Waals surface area contributed by atoms with E-state index in [0.717, 1.165) is 72.4 Å². The second-order valence-corrected chi connectivity index (χ2v) is 11.9. The summed E-state index contributed by atoms with van der Waals surface area (Å²) < 4.78 is 17.1. The molecule has 0 aliphatic heterocycles. The number of likely N-dealkylation sites (N-methyl/N-ethyl adjacent to an activating group) is 2. The smallest absolute Gasteiger partial charge is 0.241 e. The Morgan fingerprint density at radius 2 is 0.911 bits per heavy atom. The van der Waals surface area contributed by atoms with Crippen molar-refractivity contribution in [2.75, 3.05) is 77.5 Å². The summed E-state index contributed by atoms with van der Waals surface area (Å²) in [5.41, 5.74) is 6.11. The molecule has 0 aliphatic carbocycles. The molecule has 2 aromatic rings. The number of nitrogens with one attached hydrogen (secondary N) is 2. The summed E-state index contributed by atoms with van der Waals surface area (Å²) in [6.45, 7) is 17.0. The molecule has 0 saturated carbocycles. The van der Waals surface area contributed by atoms with Gasteiger partial charge in [-0.05, 0) is 89.7 Å². The Balaban J connectivity index is 1.50. The van der Waals surface area contributed by atoms with Crippen molar-refractivity contribution in [1.82, 2.24) is 9.80 Å². The molecule has 0 bridgehead atoms. The van der Waals surface area contributed by atoms with Gasteiger partial charge >= 0.3 is 0 Å². The van der Waals surface area contributed by atoms with Gasteiger partial charge in [-0.2, -0.15) is 0 Å². The van der Waals surface area contributed by atoms with Crippen LogP contribution in [0.3, 0.4) is 0 Å². The van der Waals surface area contributed by atoms with Gasteiger partial charge in [-0.3, -0.25) is 19.4 Å². The fourth-order valence-electron chi connectivity index (χ4n) is 5.52. The minimum atomic E-state index is -0.186. The third-order valence-electron chi connectivity index (χ3n) is 8.24. The van der Waals surface area contributed by atoms with Gasteiger partial charge in [-0.25, -0.2) is 0 Å². The summed E-state index contributed by atoms with van der Waals surface area (Å²) in [5, 5.41) is 6.25. The normalized spacial score (nSPS) is 12.8. The van der Waals surface area contributed by atoms with Crippen molar-refractivity contribution in [2.24, 2.45) is 0 Å². The van der Waals surface area contributed by atoms with Gasteiger partial charge in [0.2, 0.25) is 11.8 Å². The molecule has 0 spiro atoms. The van der Waals surface area contributed by atoms with E-state index >= 15 is 0 Å². The van der Waals surface area contributed by atoms with E-state index in [1.165, 1.54) is 0 Å². The van der Waals surface area contributed by atoms with E-state index in [1.54, 1.807) is 0 Å². The standard InChI is InChI=1S/C36H58N4O5/c1-9-31(35(41)37-33-27(3)15-11-16-28(33)4)39(7)19-13-21-43-23-25-45-26-24-44-22-14-20-40(8)32(10-2)36(42)38-34-29(5)17-12-18-30(34)6/h11-12,15-18,31-32H,9-10,13-14,19-26H2,1-8H3,(H,37,41)(H,38,42). The van der Waals surface area contributed by atoms with E-state index in [-0.39, 0.29) is 23.9 Å². The van der Waals surface area contributed by atoms with Crippen LogP contribution in [-0.2, 0) is 23.8 Å². The van der Waals surface area contributed by atoms with Crippen molar-refractivity contribution >= 4 is 23.2 Å². The Labute approximate surface area is 272 Å². The molecule has 2 rings (SSSR count). The Morgan fingerprint density at radius 3 is 1.22 bits per heavy atom. The Bertz CT molecular complexity index is 1040. The van der Waals surface area contributed by atoms with Gasteiger partial charge in [0.05, 0.1) is 38.5 Å². The molecule has 252 valence electrons. The number of amides is 2. The van der Waals surface area contributed by atoms with Gasteiger partial charge in [0.1, 0.15) is 0 Å². The van der Waals surface area contributed by atoms with Crippen molar-refractivity contribution in [1.29, 1.82) is 0 Å². The minimum Gasteiger partial charge on any atom is -0.379 e. The van der Waals surface area contributed by atoms with Crippen LogP contribution < -0.4 is 10.6 Å². The van der Waals surface area contributed by atoms with Crippen LogP contribution in [-0.4, -0.2) is 101 Å². The van der Waals surface area contributed by atoms with E-state index in [2.05, 4.69) is 20.4 Å². The highest BCUT2D eigenvalue weighted by atomic mass is 16.5. The molecular weight excluding hydrogens is 568 g/mol. The zero-order chi connectivity index (χ0) is 33.2. The van der Waals surface area contributed by atoms with Crippen molar-refractivity contribution < 1.29 is 23.8 Å². The fraction of sp³-hybridized carbons (Fsp3) is 0.611. The maximum absolute atomic E-state index is 12.9. The third kappa shape index (κ3) is 13.2. The number of aryl methyl sites for hydroxylation is 4. The Kier molecular flexibility index (Phi) is 18.0. The van der Waals surface area contributed by atoms with E-state index in [9.17, 15) is 9.59 Å². The predicted octanol–water partition coefficient (Wildman–Crippen LogP) is 5.75. The number of ether oxygens (including phenoxy) is 3. The largest absolute Gasteiger partial charge is 0.379 e. The lowest BCUT2D eigenvalue weighted by molar-refractivity contribution is -0.121. The maximum Gasteiger partial charge on any atom is 0.241 e. The fourth-order valence-corrected chi connectivity index (χ4v) is 5.52. The van der Waals surface area contributed by atoms with Crippen LogP contribution in [0.25, 0.3) is 0 Å². The van der Waals surface area contributed by atoms with Crippen LogP contribution in [0.2, 0.25) is 0 Å². The number of benzene rings is 2. The summed E-state index contributed by atoms with van der Waals surface area (Å²) in [6.07, 6.45) is 3.16. The van der Waals surface area contributed by atoms with Crippen molar-refractivity contribution in [3.05, 3.63) is 58.7 Å². The Hall–Kier alpha value is -2.82. The van der Waals surface area contributed by atoms with E-state index in [1.807, 2.05) is 92.0 Å². The zero-order valence-corrected chi connectivity index (χ0v) is 29.0. The first-order valence-electron chi connectivity index (χ1n) is 16.5. The van der Waals surface area contributed by atoms with Crippen LogP contribution in [0.15, 0.2) is 36.4 Å². The lowest BCUT2D eigenvalue weighted by atomic mass is 10.1. The maximum atomic E-state index is 12.9. The van der Waals surface area contributed by atoms with Crippen LogP contribution in [0.1, 0.15) is 61.8 Å². The molecule has 9 nitrogen and oxygen atoms in total. The lowest BCUT2D eigenvalue weighted by Crippen LogP contribution is -2.42. The van der Waals surface area contributed by atoms with Crippen LogP contribution in [0.5, 0.6) is 0 Å². The topological polar surface area (TPSA) is 92.4 Å². The van der Waals surface area contributed by atoms with Crippen LogP contribution in [0.4, 0.5) is 11.4 Å². The molecule has 2 N–H and O–H groups in total. The van der Waals surface area contributed by atoms with Crippen LogP contribution >= 0.6 is 0 Å². The first-order chi connectivity index (χ1) is 21.6. The van der Waals surface area contributed by atoms with Gasteiger partial charge in [0.15, 0.2) is 0 Å². The molecule has 0 aromatic heterocycles. The Morgan fingerprint density at radius 1 is 0.600 bits per heavy atom. The number of para-hydroxylation sites is 2. The van der Waals surface area contributed by atoms with Crippen molar-refractivity contribution in [3.63, 3.8) is 0 Å². The van der Waals surface area contributed by atoms with Gasteiger partial charge < -0.3 is 24.8 Å². The first kappa shape index (κ1) is 38.4.